The molecule has 0 atom stereocenters. The molecule has 0 spiro atoms. The van der Waals surface area contributed by atoms with Gasteiger partial charge < -0.3 is 18.6 Å². The predicted molar refractivity (Wildman–Crippen MR) is 98.3 cm³/mol. The van der Waals surface area contributed by atoms with E-state index in [4.69, 9.17) is 13.9 Å². The minimum absolute atomic E-state index is 0.0187. The molecule has 0 bridgehead atoms. The molecular formula is C19H15F2NO5S. The lowest BCUT2D eigenvalue weighted by Crippen LogP contribution is -2.03. The number of rotatable bonds is 8. The summed E-state index contributed by atoms with van der Waals surface area (Å²) in [5.74, 6) is 0.118. The lowest BCUT2D eigenvalue weighted by atomic mass is 10.2. The first-order valence-electron chi connectivity index (χ1n) is 8.01. The molecule has 28 heavy (non-hydrogen) atoms. The Morgan fingerprint density at radius 1 is 1.32 bits per heavy atom. The summed E-state index contributed by atoms with van der Waals surface area (Å²) in [6.45, 7) is -2.94. The molecule has 0 aliphatic carbocycles. The van der Waals surface area contributed by atoms with Crippen LogP contribution in [-0.2, 0) is 16.1 Å². The van der Waals surface area contributed by atoms with Gasteiger partial charge in [-0.05, 0) is 35.9 Å². The zero-order chi connectivity index (χ0) is 19.9. The van der Waals surface area contributed by atoms with Crippen molar-refractivity contribution in [3.63, 3.8) is 0 Å². The number of alkyl halides is 2. The van der Waals surface area contributed by atoms with Crippen LogP contribution in [0.25, 0.3) is 16.8 Å². The van der Waals surface area contributed by atoms with Crippen LogP contribution >= 0.6 is 11.3 Å². The number of carbonyl (C=O) groups is 1. The first-order chi connectivity index (χ1) is 13.5. The molecule has 0 unspecified atom stereocenters. The monoisotopic (exact) mass is 407 g/mol. The molecule has 0 aliphatic heterocycles. The fourth-order valence-electron chi connectivity index (χ4n) is 2.23. The Morgan fingerprint density at radius 2 is 2.18 bits per heavy atom. The highest BCUT2D eigenvalue weighted by Gasteiger charge is 2.11. The van der Waals surface area contributed by atoms with E-state index >= 15 is 0 Å². The molecule has 0 aliphatic rings. The molecule has 1 aromatic carbocycles. The van der Waals surface area contributed by atoms with Gasteiger partial charge in [0.25, 0.3) is 0 Å². The van der Waals surface area contributed by atoms with Crippen LogP contribution in [0.5, 0.6) is 11.5 Å². The van der Waals surface area contributed by atoms with Crippen molar-refractivity contribution in [3.8, 4) is 22.3 Å². The lowest BCUT2D eigenvalue weighted by Gasteiger charge is -2.10. The molecule has 2 aromatic heterocycles. The number of benzene rings is 1. The second-order valence-corrected chi connectivity index (χ2v) is 6.21. The Kier molecular flexibility index (Phi) is 6.38. The maximum atomic E-state index is 12.3. The van der Waals surface area contributed by atoms with Crippen molar-refractivity contribution < 1.29 is 32.2 Å². The number of esters is 1. The van der Waals surface area contributed by atoms with Gasteiger partial charge in [-0.3, -0.25) is 0 Å². The Morgan fingerprint density at radius 3 is 2.89 bits per heavy atom. The Balaban J connectivity index is 1.56. The normalized spacial score (nSPS) is 11.1. The number of hydrogen-bond donors (Lipinski definition) is 0. The molecule has 0 N–H and O–H groups in total. The number of halogens is 2. The van der Waals surface area contributed by atoms with E-state index in [1.807, 2.05) is 0 Å². The van der Waals surface area contributed by atoms with Gasteiger partial charge in [-0.15, -0.1) is 11.3 Å². The quantitative estimate of drug-likeness (QED) is 0.396. The topological polar surface area (TPSA) is 70.8 Å². The average Bonchev–Trinajstić information content (AvgIpc) is 3.36. The maximum Gasteiger partial charge on any atom is 0.387 e. The third-order valence-corrected chi connectivity index (χ3v) is 4.37. The highest BCUT2D eigenvalue weighted by Crippen LogP contribution is 2.30. The largest absolute Gasteiger partial charge is 0.493 e. The summed E-state index contributed by atoms with van der Waals surface area (Å²) in [6, 6.07) is 7.88. The molecular weight excluding hydrogens is 392 g/mol. The van der Waals surface area contributed by atoms with E-state index in [-0.39, 0.29) is 18.1 Å². The van der Waals surface area contributed by atoms with Gasteiger partial charge >= 0.3 is 12.6 Å². The number of nitrogens with zero attached hydrogens (tertiary/aromatic N) is 1. The minimum atomic E-state index is -2.95. The van der Waals surface area contributed by atoms with Crippen molar-refractivity contribution in [3.05, 3.63) is 59.3 Å². The first kappa shape index (κ1) is 19.6. The van der Waals surface area contributed by atoms with Gasteiger partial charge in [-0.25, -0.2) is 9.78 Å². The molecule has 0 saturated carbocycles. The fraction of sp³-hybridized carbons (Fsp3) is 0.158. The minimum Gasteiger partial charge on any atom is -0.493 e. The standard InChI is InChI=1S/C19H15F2NO5S/c1-24-16-9-12(4-6-14(16)27-19(20)21)5-7-17(23)26-10-13-11-28-18(22-13)15-3-2-8-25-15/h2-9,11,19H,10H2,1H3/b7-5+. The number of aromatic nitrogens is 1. The number of thiazole rings is 1. The van der Waals surface area contributed by atoms with E-state index < -0.39 is 12.6 Å². The van der Waals surface area contributed by atoms with Crippen LogP contribution < -0.4 is 9.47 Å². The third-order valence-electron chi connectivity index (χ3n) is 3.46. The average molecular weight is 407 g/mol. The van der Waals surface area contributed by atoms with E-state index in [1.54, 1.807) is 23.8 Å². The Labute approximate surface area is 163 Å². The van der Waals surface area contributed by atoms with Gasteiger partial charge in [-0.1, -0.05) is 6.07 Å². The zero-order valence-electron chi connectivity index (χ0n) is 14.6. The van der Waals surface area contributed by atoms with Crippen LogP contribution in [0.15, 0.2) is 52.5 Å². The Hall–Kier alpha value is -3.20. The van der Waals surface area contributed by atoms with Crippen molar-refractivity contribution in [1.82, 2.24) is 4.98 Å². The van der Waals surface area contributed by atoms with E-state index in [1.165, 1.54) is 48.8 Å². The van der Waals surface area contributed by atoms with Crippen LogP contribution in [0, 0.1) is 0 Å². The first-order valence-corrected chi connectivity index (χ1v) is 8.89. The molecule has 9 heteroatoms. The van der Waals surface area contributed by atoms with Gasteiger partial charge in [0.05, 0.1) is 19.1 Å². The summed E-state index contributed by atoms with van der Waals surface area (Å²) in [4.78, 5) is 16.2. The summed E-state index contributed by atoms with van der Waals surface area (Å²) < 4.78 is 44.4. The van der Waals surface area contributed by atoms with Crippen LogP contribution in [0.3, 0.4) is 0 Å². The molecule has 6 nitrogen and oxygen atoms in total. The number of furan rings is 1. The SMILES string of the molecule is COc1cc(/C=C/C(=O)OCc2csc(-c3ccco3)n2)ccc1OC(F)F. The van der Waals surface area contributed by atoms with E-state index in [0.717, 1.165) is 0 Å². The molecule has 2 heterocycles. The van der Waals surface area contributed by atoms with Crippen molar-refractivity contribution in [1.29, 1.82) is 0 Å². The predicted octanol–water partition coefficient (Wildman–Crippen LogP) is 4.77. The zero-order valence-corrected chi connectivity index (χ0v) is 15.4. The highest BCUT2D eigenvalue weighted by molar-refractivity contribution is 7.13. The van der Waals surface area contributed by atoms with Crippen molar-refractivity contribution in [2.75, 3.05) is 7.11 Å². The van der Waals surface area contributed by atoms with Crippen LogP contribution in [0.1, 0.15) is 11.3 Å². The van der Waals surface area contributed by atoms with Gasteiger partial charge in [0, 0.05) is 11.5 Å². The van der Waals surface area contributed by atoms with Gasteiger partial charge in [0.15, 0.2) is 22.3 Å². The summed E-state index contributed by atoms with van der Waals surface area (Å²) in [6.07, 6.45) is 4.26. The van der Waals surface area contributed by atoms with Crippen molar-refractivity contribution in [2.45, 2.75) is 13.2 Å². The van der Waals surface area contributed by atoms with Crippen LogP contribution in [0.2, 0.25) is 0 Å². The van der Waals surface area contributed by atoms with Gasteiger partial charge in [-0.2, -0.15) is 8.78 Å². The van der Waals surface area contributed by atoms with E-state index in [2.05, 4.69) is 9.72 Å². The van der Waals surface area contributed by atoms with E-state index in [0.29, 0.717) is 22.0 Å². The van der Waals surface area contributed by atoms with Gasteiger partial charge in [0.2, 0.25) is 0 Å². The summed E-state index contributed by atoms with van der Waals surface area (Å²) in [5, 5.41) is 2.48. The maximum absolute atomic E-state index is 12.3. The second kappa shape index (κ2) is 9.14. The highest BCUT2D eigenvalue weighted by atomic mass is 32.1. The molecule has 146 valence electrons. The number of carbonyl (C=O) groups excluding carboxylic acids is 1. The number of ether oxygens (including phenoxy) is 3. The third kappa shape index (κ3) is 5.17. The molecule has 3 aromatic rings. The van der Waals surface area contributed by atoms with Crippen LogP contribution in [-0.4, -0.2) is 24.7 Å². The van der Waals surface area contributed by atoms with Gasteiger partial charge in [0.1, 0.15) is 6.61 Å². The molecule has 0 fully saturated rings. The van der Waals surface area contributed by atoms with E-state index in [9.17, 15) is 13.6 Å². The molecule has 0 radical (unpaired) electrons. The van der Waals surface area contributed by atoms with Crippen LogP contribution in [0.4, 0.5) is 8.78 Å². The molecule has 3 rings (SSSR count). The fourth-order valence-corrected chi connectivity index (χ4v) is 3.00. The Bertz CT molecular complexity index is 953. The second-order valence-electron chi connectivity index (χ2n) is 5.35. The summed E-state index contributed by atoms with van der Waals surface area (Å²) in [5.41, 5.74) is 1.16. The summed E-state index contributed by atoms with van der Waals surface area (Å²) >= 11 is 1.39. The molecule has 0 amide bonds. The van der Waals surface area contributed by atoms with Crippen molar-refractivity contribution >= 4 is 23.4 Å². The smallest absolute Gasteiger partial charge is 0.387 e. The lowest BCUT2D eigenvalue weighted by molar-refractivity contribution is -0.139. The van der Waals surface area contributed by atoms with Crippen molar-refractivity contribution in [2.24, 2.45) is 0 Å². The number of methoxy groups -OCH3 is 1. The molecule has 0 saturated heterocycles. The summed E-state index contributed by atoms with van der Waals surface area (Å²) in [7, 11) is 1.33. The number of hydrogen-bond acceptors (Lipinski definition) is 7.